The number of unbranched alkanes of at least 4 members (excludes halogenated alkanes) is 4. The molecule has 7 N–H and O–H groups in total. The fourth-order valence-corrected chi connectivity index (χ4v) is 11.0. The van der Waals surface area contributed by atoms with E-state index in [1.807, 2.05) is 25.1 Å². The lowest BCUT2D eigenvalue weighted by Crippen LogP contribution is -2.48. The molecule has 0 aromatic heterocycles. The number of hydrogen-bond donors (Lipinski definition) is 6. The fraction of sp³-hybridized carbons (Fsp3) is 0.659. The van der Waals surface area contributed by atoms with Crippen LogP contribution in [0.15, 0.2) is 58.8 Å². The van der Waals surface area contributed by atoms with Gasteiger partial charge in [0.25, 0.3) is 0 Å². The van der Waals surface area contributed by atoms with Crippen molar-refractivity contribution in [3.8, 4) is 11.5 Å². The van der Waals surface area contributed by atoms with E-state index in [0.717, 1.165) is 68.1 Å². The summed E-state index contributed by atoms with van der Waals surface area (Å²) in [5.41, 5.74) is 9.29. The van der Waals surface area contributed by atoms with E-state index in [1.54, 1.807) is 6.07 Å². The summed E-state index contributed by atoms with van der Waals surface area (Å²) < 4.78 is 12.4. The second-order valence-corrected chi connectivity index (χ2v) is 16.8. The molecule has 7 atom stereocenters. The van der Waals surface area contributed by atoms with E-state index in [4.69, 9.17) is 20.2 Å². The molecule has 290 valence electrons. The van der Waals surface area contributed by atoms with Crippen molar-refractivity contribution in [2.75, 3.05) is 32.8 Å². The molecule has 2 spiro atoms. The van der Waals surface area contributed by atoms with Crippen LogP contribution in [0.3, 0.4) is 0 Å². The van der Waals surface area contributed by atoms with Gasteiger partial charge in [-0.1, -0.05) is 75.3 Å². The highest BCUT2D eigenvalue weighted by molar-refractivity contribution is 6.07. The number of hydrogen-bond acceptors (Lipinski definition) is 9. The number of phenolic OH excluding ortho intramolecular Hbond substituents is 1. The molecule has 9 heteroatoms. The average molecular weight is 730 g/mol. The van der Waals surface area contributed by atoms with Crippen LogP contribution in [0.4, 0.5) is 0 Å². The molecule has 2 bridgehead atoms. The van der Waals surface area contributed by atoms with E-state index in [0.29, 0.717) is 37.1 Å². The van der Waals surface area contributed by atoms with Crippen molar-refractivity contribution < 1.29 is 29.9 Å². The first-order valence-corrected chi connectivity index (χ1v) is 20.7. The number of allylic oxidation sites excluding steroid dienone is 3. The second kappa shape index (κ2) is 16.8. The minimum atomic E-state index is -0.947. The standard InChI is InChI=1S/C44H63N3O6/c1-29(49)25-46-26-35-33-24-36(47-42(33)34-16-20-44(35)19-9-11-41(44)43(34)17-6-7-18-43)38(51)28-52-40-22-30(13-15-37(40)50)12-14-32-23-31(27-48)39(53-32)10-5-3-2-4-8-21-45/h13,15-16,20,22-24,29,34-35,38-39,41,46,48-51H,2-12,14,17-19,21,25-28,45H2,1H3/t29-,34+,35-,38-,39?,41+,44-/m0/s1. The molecule has 8 rings (SSSR count). The zero-order chi connectivity index (χ0) is 37.0. The van der Waals surface area contributed by atoms with Crippen molar-refractivity contribution in [2.24, 2.45) is 39.3 Å². The zero-order valence-electron chi connectivity index (χ0n) is 31.8. The summed E-state index contributed by atoms with van der Waals surface area (Å²) in [5, 5.41) is 45.9. The molecule has 1 aromatic rings. The molecule has 53 heavy (non-hydrogen) atoms. The normalized spacial score (nSPS) is 29.1. The maximum Gasteiger partial charge on any atom is 0.197 e. The zero-order valence-corrected chi connectivity index (χ0v) is 31.8. The third-order valence-corrected chi connectivity index (χ3v) is 13.5. The van der Waals surface area contributed by atoms with Gasteiger partial charge in [-0.05, 0) is 87.4 Å². The van der Waals surface area contributed by atoms with E-state index in [9.17, 15) is 20.4 Å². The Bertz CT molecular complexity index is 1530. The summed E-state index contributed by atoms with van der Waals surface area (Å²) in [6.45, 7) is 3.88. The lowest BCUT2D eigenvalue weighted by atomic mass is 9.53. The summed E-state index contributed by atoms with van der Waals surface area (Å²) in [7, 11) is 0. The number of benzene rings is 1. The predicted molar refractivity (Wildman–Crippen MR) is 208 cm³/mol. The van der Waals surface area contributed by atoms with E-state index < -0.39 is 12.2 Å². The van der Waals surface area contributed by atoms with Crippen molar-refractivity contribution in [1.82, 2.24) is 5.32 Å². The highest BCUT2D eigenvalue weighted by Crippen LogP contribution is 2.70. The molecule has 3 fully saturated rings. The molecular weight excluding hydrogens is 666 g/mol. The highest BCUT2D eigenvalue weighted by atomic mass is 16.5. The number of aliphatic imine (C=N–C) groups is 1. The topological polar surface area (TPSA) is 150 Å². The van der Waals surface area contributed by atoms with Gasteiger partial charge in [-0.25, -0.2) is 0 Å². The van der Waals surface area contributed by atoms with Crippen LogP contribution < -0.4 is 15.8 Å². The summed E-state index contributed by atoms with van der Waals surface area (Å²) >= 11 is 0. The molecule has 0 amide bonds. The quantitative estimate of drug-likeness (QED) is 0.0556. The molecule has 0 radical (unpaired) electrons. The summed E-state index contributed by atoms with van der Waals surface area (Å²) in [5.74, 6) is 3.32. The van der Waals surface area contributed by atoms with Crippen LogP contribution in [-0.4, -0.2) is 77.3 Å². The van der Waals surface area contributed by atoms with Crippen LogP contribution in [-0.2, 0) is 11.2 Å². The van der Waals surface area contributed by atoms with E-state index in [-0.39, 0.29) is 47.7 Å². The molecule has 5 aliphatic carbocycles. The number of aliphatic hydroxyl groups is 3. The Kier molecular flexibility index (Phi) is 12.2. The number of aliphatic hydroxyl groups excluding tert-OH is 3. The predicted octanol–water partition coefficient (Wildman–Crippen LogP) is 6.26. The average Bonchev–Trinajstić information content (AvgIpc) is 3.96. The number of nitrogens with zero attached hydrogens (tertiary/aromatic N) is 1. The van der Waals surface area contributed by atoms with Crippen LogP contribution in [0.5, 0.6) is 11.5 Å². The fourth-order valence-electron chi connectivity index (χ4n) is 11.0. The van der Waals surface area contributed by atoms with Gasteiger partial charge in [-0.15, -0.1) is 4.99 Å². The molecule has 2 heterocycles. The maximum absolute atomic E-state index is 11.6. The molecular formula is C44H63N3O6. The maximum atomic E-state index is 11.6. The monoisotopic (exact) mass is 729 g/mol. The third kappa shape index (κ3) is 7.79. The number of phenols is 1. The number of rotatable bonds is 19. The van der Waals surface area contributed by atoms with Crippen molar-refractivity contribution in [1.29, 1.82) is 0 Å². The number of aryl methyl sites for hydroxylation is 1. The van der Waals surface area contributed by atoms with Gasteiger partial charge >= 0.3 is 0 Å². The Morgan fingerprint density at radius 2 is 1.91 bits per heavy atom. The second-order valence-electron chi connectivity index (χ2n) is 16.8. The number of nitrogens with two attached hydrogens (primary N) is 1. The minimum absolute atomic E-state index is 0.00223. The summed E-state index contributed by atoms with van der Waals surface area (Å²) in [6, 6.07) is 6.02. The van der Waals surface area contributed by atoms with Crippen molar-refractivity contribution in [3.63, 3.8) is 0 Å². The van der Waals surface area contributed by atoms with Crippen molar-refractivity contribution in [2.45, 2.75) is 122 Å². The first kappa shape index (κ1) is 38.3. The van der Waals surface area contributed by atoms with Crippen LogP contribution in [0.2, 0.25) is 0 Å². The van der Waals surface area contributed by atoms with Crippen LogP contribution in [0.1, 0.15) is 102 Å². The Hall–Kier alpha value is -2.95. The van der Waals surface area contributed by atoms with Gasteiger partial charge < -0.3 is 41.0 Å². The lowest BCUT2D eigenvalue weighted by Gasteiger charge is -2.49. The van der Waals surface area contributed by atoms with Gasteiger partial charge in [0.05, 0.1) is 24.0 Å². The van der Waals surface area contributed by atoms with Gasteiger partial charge in [0.1, 0.15) is 12.2 Å². The minimum Gasteiger partial charge on any atom is -0.592 e. The summed E-state index contributed by atoms with van der Waals surface area (Å²) in [6.07, 6.45) is 24.4. The molecule has 1 unspecified atom stereocenters. The van der Waals surface area contributed by atoms with Gasteiger partial charge in [0.2, 0.25) is 0 Å². The van der Waals surface area contributed by atoms with Crippen molar-refractivity contribution >= 4 is 5.71 Å². The van der Waals surface area contributed by atoms with Crippen molar-refractivity contribution in [3.05, 3.63) is 71.4 Å². The number of aromatic hydroxyl groups is 1. The largest absolute Gasteiger partial charge is 0.592 e. The molecule has 2 aliphatic heterocycles. The van der Waals surface area contributed by atoms with E-state index in [2.05, 4.69) is 23.5 Å². The van der Waals surface area contributed by atoms with Gasteiger partial charge in [0, 0.05) is 31.2 Å². The smallest absolute Gasteiger partial charge is 0.197 e. The first-order chi connectivity index (χ1) is 25.8. The molecule has 9 nitrogen and oxygen atoms in total. The lowest BCUT2D eigenvalue weighted by molar-refractivity contribution is 0.0313. The van der Waals surface area contributed by atoms with Gasteiger partial charge in [0.15, 0.2) is 29.4 Å². The molecule has 0 saturated heterocycles. The van der Waals surface area contributed by atoms with Crippen LogP contribution in [0, 0.1) is 40.5 Å². The number of ether oxygens (including phenoxy) is 2. The molecule has 1 aromatic carbocycles. The van der Waals surface area contributed by atoms with E-state index in [1.165, 1.54) is 56.9 Å². The Labute approximate surface area is 316 Å². The Morgan fingerprint density at radius 1 is 1.09 bits per heavy atom. The Morgan fingerprint density at radius 3 is 2.70 bits per heavy atom. The SMILES string of the molecule is C[C@H](O)CNC[C@H]1C2=C[C+]([C@@H](O)COc3cc(CCC4=C[C-](CO)C(CCCCCCCN)O4)ccc3O)N=C2[C@H]2C=C[C@@]13CCC[C@@H]3C21CCCC1. The van der Waals surface area contributed by atoms with Crippen LogP contribution >= 0.6 is 0 Å². The van der Waals surface area contributed by atoms with Gasteiger partial charge in [-0.2, -0.15) is 12.0 Å². The first-order valence-electron chi connectivity index (χ1n) is 20.7. The van der Waals surface area contributed by atoms with E-state index >= 15 is 0 Å². The molecule has 7 aliphatic rings. The van der Waals surface area contributed by atoms with Crippen LogP contribution in [0.25, 0.3) is 0 Å². The Balaban J connectivity index is 0.992. The summed E-state index contributed by atoms with van der Waals surface area (Å²) in [4.78, 5) is 5.24. The third-order valence-electron chi connectivity index (χ3n) is 13.5. The van der Waals surface area contributed by atoms with Gasteiger partial charge in [-0.3, -0.25) is 0 Å². The molecule has 3 saturated carbocycles. The number of nitrogens with one attached hydrogen (secondary N) is 1. The highest BCUT2D eigenvalue weighted by Gasteiger charge is 2.68.